The average molecular weight is 193 g/mol. The molecule has 0 aromatic carbocycles. The molecule has 4 bridgehead atoms. The lowest BCUT2D eigenvalue weighted by atomic mass is 9.51. The number of hydrogen-bond acceptors (Lipinski definition) is 2. The predicted octanol–water partition coefficient (Wildman–Crippen LogP) is 2.38. The van der Waals surface area contributed by atoms with Crippen LogP contribution in [0, 0.1) is 11.8 Å². The summed E-state index contributed by atoms with van der Waals surface area (Å²) in [5.74, 6) is 1.21. The second-order valence-corrected chi connectivity index (χ2v) is 5.60. The van der Waals surface area contributed by atoms with E-state index in [4.69, 9.17) is 5.53 Å². The first kappa shape index (κ1) is 8.57. The SMILES string of the molecule is [N-]=[N+]=NC12C[C@@H]3C[C@@H](CC(O)(C3)C1)C2. The van der Waals surface area contributed by atoms with Gasteiger partial charge >= 0.3 is 0 Å². The Hall–Kier alpha value is -0.730. The summed E-state index contributed by atoms with van der Waals surface area (Å²) in [7, 11) is 0. The highest BCUT2D eigenvalue weighted by Gasteiger charge is 2.56. The molecule has 4 saturated carbocycles. The van der Waals surface area contributed by atoms with Gasteiger partial charge in [0.2, 0.25) is 0 Å². The van der Waals surface area contributed by atoms with Crippen molar-refractivity contribution >= 4 is 0 Å². The lowest BCUT2D eigenvalue weighted by Gasteiger charge is -2.58. The Labute approximate surface area is 82.9 Å². The first-order chi connectivity index (χ1) is 6.63. The number of rotatable bonds is 1. The van der Waals surface area contributed by atoms with Crippen molar-refractivity contribution in [2.24, 2.45) is 17.0 Å². The van der Waals surface area contributed by atoms with Crippen molar-refractivity contribution in [3.63, 3.8) is 0 Å². The molecule has 0 heterocycles. The molecular weight excluding hydrogens is 178 g/mol. The van der Waals surface area contributed by atoms with Crippen molar-refractivity contribution in [2.75, 3.05) is 0 Å². The van der Waals surface area contributed by atoms with Crippen LogP contribution >= 0.6 is 0 Å². The van der Waals surface area contributed by atoms with Gasteiger partial charge in [-0.25, -0.2) is 0 Å². The van der Waals surface area contributed by atoms with E-state index in [9.17, 15) is 5.11 Å². The van der Waals surface area contributed by atoms with E-state index >= 15 is 0 Å². The van der Waals surface area contributed by atoms with E-state index in [1.165, 1.54) is 6.42 Å². The van der Waals surface area contributed by atoms with Crippen molar-refractivity contribution < 1.29 is 5.11 Å². The lowest BCUT2D eigenvalue weighted by molar-refractivity contribution is -0.132. The maximum atomic E-state index is 10.3. The summed E-state index contributed by atoms with van der Waals surface area (Å²) < 4.78 is 0. The van der Waals surface area contributed by atoms with Gasteiger partial charge in [0.25, 0.3) is 0 Å². The molecule has 0 amide bonds. The molecule has 4 atom stereocenters. The number of nitrogens with zero attached hydrogens (tertiary/aromatic N) is 3. The van der Waals surface area contributed by atoms with Gasteiger partial charge < -0.3 is 5.11 Å². The third-order valence-electron chi connectivity index (χ3n) is 4.26. The minimum atomic E-state index is -0.502. The van der Waals surface area contributed by atoms with Crippen LogP contribution in [0.1, 0.15) is 38.5 Å². The summed E-state index contributed by atoms with van der Waals surface area (Å²) >= 11 is 0. The summed E-state index contributed by atoms with van der Waals surface area (Å²) in [5, 5.41) is 14.3. The summed E-state index contributed by atoms with van der Waals surface area (Å²) in [6, 6.07) is 0. The molecule has 4 nitrogen and oxygen atoms in total. The molecule has 0 radical (unpaired) electrons. The predicted molar refractivity (Wildman–Crippen MR) is 51.5 cm³/mol. The van der Waals surface area contributed by atoms with Crippen molar-refractivity contribution in [1.82, 2.24) is 0 Å². The fraction of sp³-hybridized carbons (Fsp3) is 1.00. The largest absolute Gasteiger partial charge is 0.390 e. The van der Waals surface area contributed by atoms with Gasteiger partial charge in [0.05, 0.1) is 11.1 Å². The van der Waals surface area contributed by atoms with E-state index in [0.717, 1.165) is 25.7 Å². The molecule has 14 heavy (non-hydrogen) atoms. The van der Waals surface area contributed by atoms with Crippen LogP contribution in [0.5, 0.6) is 0 Å². The molecular formula is C10H15N3O. The Morgan fingerprint density at radius 2 is 1.86 bits per heavy atom. The Bertz CT molecular complexity index is 307. The zero-order chi connectivity index (χ0) is 9.81. The third kappa shape index (κ3) is 1.07. The van der Waals surface area contributed by atoms with Crippen LogP contribution in [0.3, 0.4) is 0 Å². The maximum Gasteiger partial charge on any atom is 0.0659 e. The van der Waals surface area contributed by atoms with Crippen molar-refractivity contribution in [3.8, 4) is 0 Å². The molecule has 1 N–H and O–H groups in total. The first-order valence-corrected chi connectivity index (χ1v) is 5.42. The van der Waals surface area contributed by atoms with Gasteiger partial charge in [-0.15, -0.1) is 0 Å². The van der Waals surface area contributed by atoms with E-state index in [1.807, 2.05) is 0 Å². The minimum absolute atomic E-state index is 0.229. The van der Waals surface area contributed by atoms with Crippen molar-refractivity contribution in [3.05, 3.63) is 10.4 Å². The van der Waals surface area contributed by atoms with Gasteiger partial charge in [-0.05, 0) is 55.9 Å². The lowest BCUT2D eigenvalue weighted by Crippen LogP contribution is -2.57. The Balaban J connectivity index is 2.00. The standard InChI is InChI=1S/C10H15N3O/c11-13-12-9-2-7-1-8(3-9)5-10(14,4-7)6-9/h7-8,14H,1-6H2/t7-,8+,9?,10?. The summed E-state index contributed by atoms with van der Waals surface area (Å²) in [6.07, 6.45) is 5.84. The van der Waals surface area contributed by atoms with Gasteiger partial charge in [-0.3, -0.25) is 0 Å². The third-order valence-corrected chi connectivity index (χ3v) is 4.26. The van der Waals surface area contributed by atoms with Crippen LogP contribution in [0.25, 0.3) is 10.4 Å². The summed E-state index contributed by atoms with van der Waals surface area (Å²) in [5.41, 5.74) is 7.86. The molecule has 76 valence electrons. The second kappa shape index (κ2) is 2.44. The minimum Gasteiger partial charge on any atom is -0.390 e. The first-order valence-electron chi connectivity index (χ1n) is 5.42. The van der Waals surface area contributed by atoms with Crippen LogP contribution in [0.4, 0.5) is 0 Å². The molecule has 0 spiro atoms. The van der Waals surface area contributed by atoms with Crippen LogP contribution in [-0.2, 0) is 0 Å². The number of azide groups is 1. The van der Waals surface area contributed by atoms with Crippen LogP contribution in [-0.4, -0.2) is 16.2 Å². The zero-order valence-corrected chi connectivity index (χ0v) is 8.19. The van der Waals surface area contributed by atoms with Crippen LogP contribution < -0.4 is 0 Å². The maximum absolute atomic E-state index is 10.3. The average Bonchev–Trinajstić information content (AvgIpc) is 1.97. The highest BCUT2D eigenvalue weighted by atomic mass is 16.3. The number of hydrogen-bond donors (Lipinski definition) is 1. The van der Waals surface area contributed by atoms with E-state index in [2.05, 4.69) is 10.0 Å². The van der Waals surface area contributed by atoms with Gasteiger partial charge in [0.15, 0.2) is 0 Å². The van der Waals surface area contributed by atoms with Gasteiger partial charge in [-0.1, -0.05) is 5.11 Å². The smallest absolute Gasteiger partial charge is 0.0659 e. The van der Waals surface area contributed by atoms with E-state index in [0.29, 0.717) is 18.3 Å². The Morgan fingerprint density at radius 3 is 2.36 bits per heavy atom. The van der Waals surface area contributed by atoms with E-state index in [1.54, 1.807) is 0 Å². The van der Waals surface area contributed by atoms with Gasteiger partial charge in [-0.2, -0.15) is 0 Å². The highest BCUT2D eigenvalue weighted by molar-refractivity contribution is 5.12. The van der Waals surface area contributed by atoms with Crippen molar-refractivity contribution in [2.45, 2.75) is 49.7 Å². The van der Waals surface area contributed by atoms with Gasteiger partial charge in [0, 0.05) is 4.91 Å². The van der Waals surface area contributed by atoms with Crippen LogP contribution in [0.2, 0.25) is 0 Å². The summed E-state index contributed by atoms with van der Waals surface area (Å²) in [4.78, 5) is 2.97. The highest BCUT2D eigenvalue weighted by Crippen LogP contribution is 2.58. The molecule has 4 aliphatic carbocycles. The Kier molecular flexibility index (Phi) is 1.49. The number of aliphatic hydroxyl groups is 1. The van der Waals surface area contributed by atoms with Crippen LogP contribution in [0.15, 0.2) is 5.11 Å². The Morgan fingerprint density at radius 1 is 1.21 bits per heavy atom. The molecule has 4 aliphatic rings. The summed E-state index contributed by atoms with van der Waals surface area (Å²) in [6.45, 7) is 0. The normalized spacial score (nSPS) is 54.4. The van der Waals surface area contributed by atoms with Crippen molar-refractivity contribution in [1.29, 1.82) is 0 Å². The quantitative estimate of drug-likeness (QED) is 0.387. The molecule has 4 heteroatoms. The zero-order valence-electron chi connectivity index (χ0n) is 8.19. The second-order valence-electron chi connectivity index (χ2n) is 5.60. The molecule has 0 saturated heterocycles. The topological polar surface area (TPSA) is 69.0 Å². The van der Waals surface area contributed by atoms with E-state index < -0.39 is 5.60 Å². The fourth-order valence-electron chi connectivity index (χ4n) is 4.38. The molecule has 0 aromatic rings. The van der Waals surface area contributed by atoms with E-state index in [-0.39, 0.29) is 5.54 Å². The molecule has 4 rings (SSSR count). The monoisotopic (exact) mass is 193 g/mol. The molecule has 4 fully saturated rings. The molecule has 0 aliphatic heterocycles. The van der Waals surface area contributed by atoms with Gasteiger partial charge in [0.1, 0.15) is 0 Å². The molecule has 2 unspecified atom stereocenters. The fourth-order valence-corrected chi connectivity index (χ4v) is 4.38. The molecule has 0 aromatic heterocycles.